The molecule has 0 heterocycles. The van der Waals surface area contributed by atoms with Crippen molar-refractivity contribution in [2.45, 2.75) is 66.0 Å². The van der Waals surface area contributed by atoms with Gasteiger partial charge in [-0.2, -0.15) is 0 Å². The molecule has 7 heteroatoms. The van der Waals surface area contributed by atoms with Gasteiger partial charge in [0.05, 0.1) is 25.4 Å². The molecule has 7 nitrogen and oxygen atoms in total. The van der Waals surface area contributed by atoms with Crippen LogP contribution in [0.3, 0.4) is 0 Å². The Labute approximate surface area is 203 Å². The second-order valence-corrected chi connectivity index (χ2v) is 8.62. The normalized spacial score (nSPS) is 10.9. The Morgan fingerprint density at radius 1 is 0.912 bits per heavy atom. The fourth-order valence-corrected chi connectivity index (χ4v) is 3.68. The maximum atomic E-state index is 12.8. The van der Waals surface area contributed by atoms with E-state index in [-0.39, 0.29) is 35.2 Å². The third-order valence-corrected chi connectivity index (χ3v) is 5.28. The van der Waals surface area contributed by atoms with Gasteiger partial charge in [-0.15, -0.1) is 0 Å². The number of hydrogen-bond acceptors (Lipinski definition) is 6. The number of rotatable bonds is 13. The van der Waals surface area contributed by atoms with Crippen LogP contribution in [-0.4, -0.2) is 53.7 Å². The average molecular weight is 471 g/mol. The molecule has 0 saturated heterocycles. The number of carbonyl (C=O) groups excluding carboxylic acids is 1. The van der Waals surface area contributed by atoms with E-state index in [4.69, 9.17) is 19.6 Å². The standard InChI is InChI=1S/C27H38N2O5/c1-6-32-26(28)21-10-12-22(13-11-21)33-16-8-7-9-17-34-23-14-15-24(25(30)18-23)27(31)29(19(2)3)20(4)5/h10-15,18-20,28,30H,6-9,16-17H2,1-5H3. The molecule has 2 aromatic rings. The zero-order valence-electron chi connectivity index (χ0n) is 21.0. The van der Waals surface area contributed by atoms with E-state index in [2.05, 4.69) is 0 Å². The molecule has 2 rings (SSSR count). The van der Waals surface area contributed by atoms with Crippen LogP contribution in [0, 0.1) is 5.41 Å². The number of carbonyl (C=O) groups is 1. The van der Waals surface area contributed by atoms with E-state index in [0.717, 1.165) is 30.6 Å². The number of unbranched alkanes of at least 4 members (excludes halogenated alkanes) is 2. The summed E-state index contributed by atoms with van der Waals surface area (Å²) in [4.78, 5) is 14.5. The van der Waals surface area contributed by atoms with Gasteiger partial charge in [-0.25, -0.2) is 0 Å². The largest absolute Gasteiger partial charge is 0.507 e. The van der Waals surface area contributed by atoms with Gasteiger partial charge in [0.15, 0.2) is 0 Å². The van der Waals surface area contributed by atoms with Gasteiger partial charge in [-0.1, -0.05) is 0 Å². The number of phenols is 1. The van der Waals surface area contributed by atoms with E-state index in [0.29, 0.717) is 25.6 Å². The summed E-state index contributed by atoms with van der Waals surface area (Å²) in [5.74, 6) is 1.23. The van der Waals surface area contributed by atoms with Crippen LogP contribution in [-0.2, 0) is 4.74 Å². The van der Waals surface area contributed by atoms with Gasteiger partial charge in [-0.05, 0) is 90.3 Å². The smallest absolute Gasteiger partial charge is 0.258 e. The van der Waals surface area contributed by atoms with Crippen molar-refractivity contribution in [1.82, 2.24) is 4.90 Å². The van der Waals surface area contributed by atoms with Crippen molar-refractivity contribution in [1.29, 1.82) is 5.41 Å². The minimum atomic E-state index is -0.184. The molecule has 0 atom stereocenters. The van der Waals surface area contributed by atoms with Crippen LogP contribution < -0.4 is 9.47 Å². The summed E-state index contributed by atoms with van der Waals surface area (Å²) in [5.41, 5.74) is 1.02. The minimum Gasteiger partial charge on any atom is -0.507 e. The summed E-state index contributed by atoms with van der Waals surface area (Å²) in [6.45, 7) is 11.3. The number of aromatic hydroxyl groups is 1. The Balaban J connectivity index is 1.71. The Morgan fingerprint density at radius 2 is 1.47 bits per heavy atom. The first-order valence-electron chi connectivity index (χ1n) is 12.0. The van der Waals surface area contributed by atoms with Gasteiger partial charge in [0.2, 0.25) is 5.90 Å². The Morgan fingerprint density at radius 3 is 2.00 bits per heavy atom. The first-order chi connectivity index (χ1) is 16.2. The fourth-order valence-electron chi connectivity index (χ4n) is 3.68. The van der Waals surface area contributed by atoms with E-state index >= 15 is 0 Å². The monoisotopic (exact) mass is 470 g/mol. The molecule has 2 N–H and O–H groups in total. The van der Waals surface area contributed by atoms with Crippen LogP contribution in [0.5, 0.6) is 17.2 Å². The molecule has 186 valence electrons. The summed E-state index contributed by atoms with van der Waals surface area (Å²) in [7, 11) is 0. The van der Waals surface area contributed by atoms with Gasteiger partial charge in [0, 0.05) is 23.7 Å². The zero-order chi connectivity index (χ0) is 25.1. The molecule has 2 aromatic carbocycles. The predicted octanol–water partition coefficient (Wildman–Crippen LogP) is 5.64. The highest BCUT2D eigenvalue weighted by Gasteiger charge is 2.24. The molecule has 0 aliphatic rings. The molecule has 0 aliphatic heterocycles. The SMILES string of the molecule is CCOC(=N)c1ccc(OCCCCCOc2ccc(C(=O)N(C(C)C)C(C)C)c(O)c2)cc1. The molecule has 0 aliphatic carbocycles. The lowest BCUT2D eigenvalue weighted by atomic mass is 10.1. The van der Waals surface area contributed by atoms with Gasteiger partial charge in [0.25, 0.3) is 5.91 Å². The zero-order valence-corrected chi connectivity index (χ0v) is 21.0. The molecule has 34 heavy (non-hydrogen) atoms. The highest BCUT2D eigenvalue weighted by molar-refractivity contribution is 5.97. The predicted molar refractivity (Wildman–Crippen MR) is 134 cm³/mol. The van der Waals surface area contributed by atoms with Crippen molar-refractivity contribution in [3.05, 3.63) is 53.6 Å². The molecule has 0 radical (unpaired) electrons. The maximum Gasteiger partial charge on any atom is 0.258 e. The van der Waals surface area contributed by atoms with Crippen LogP contribution in [0.1, 0.15) is 69.8 Å². The van der Waals surface area contributed by atoms with Gasteiger partial charge in [0.1, 0.15) is 17.2 Å². The molecule has 0 unspecified atom stereocenters. The quantitative estimate of drug-likeness (QED) is 0.224. The van der Waals surface area contributed by atoms with Gasteiger partial charge < -0.3 is 24.2 Å². The number of amides is 1. The van der Waals surface area contributed by atoms with Crippen molar-refractivity contribution in [2.75, 3.05) is 19.8 Å². The Hall–Kier alpha value is -3.22. The molecule has 0 saturated carbocycles. The first-order valence-corrected chi connectivity index (χ1v) is 12.0. The van der Waals surface area contributed by atoms with Crippen molar-refractivity contribution in [3.8, 4) is 17.2 Å². The van der Waals surface area contributed by atoms with E-state index in [9.17, 15) is 9.90 Å². The topological polar surface area (TPSA) is 92.1 Å². The highest BCUT2D eigenvalue weighted by Crippen LogP contribution is 2.26. The Bertz CT molecular complexity index is 917. The van der Waals surface area contributed by atoms with Gasteiger partial charge in [-0.3, -0.25) is 10.2 Å². The van der Waals surface area contributed by atoms with Crippen molar-refractivity contribution < 1.29 is 24.1 Å². The van der Waals surface area contributed by atoms with Crippen LogP contribution in [0.25, 0.3) is 0 Å². The molecule has 0 spiro atoms. The summed E-state index contributed by atoms with van der Waals surface area (Å²) in [6.07, 6.45) is 2.68. The molecular formula is C27H38N2O5. The summed E-state index contributed by atoms with van der Waals surface area (Å²) >= 11 is 0. The van der Waals surface area contributed by atoms with Crippen LogP contribution >= 0.6 is 0 Å². The van der Waals surface area contributed by atoms with Crippen molar-refractivity contribution in [3.63, 3.8) is 0 Å². The molecule has 0 fully saturated rings. The number of ether oxygens (including phenoxy) is 3. The highest BCUT2D eigenvalue weighted by atomic mass is 16.5. The van der Waals surface area contributed by atoms with Crippen molar-refractivity contribution in [2.24, 2.45) is 0 Å². The summed E-state index contributed by atoms with van der Waals surface area (Å²) in [6, 6.07) is 12.3. The van der Waals surface area contributed by atoms with E-state index < -0.39 is 0 Å². The third-order valence-electron chi connectivity index (χ3n) is 5.28. The lowest BCUT2D eigenvalue weighted by Crippen LogP contribution is -2.42. The molecular weight excluding hydrogens is 432 g/mol. The summed E-state index contributed by atoms with van der Waals surface area (Å²) in [5, 5.41) is 18.1. The second kappa shape index (κ2) is 13.5. The van der Waals surface area contributed by atoms with E-state index in [1.165, 1.54) is 6.07 Å². The molecule has 0 bridgehead atoms. The summed E-state index contributed by atoms with van der Waals surface area (Å²) < 4.78 is 16.7. The molecule has 0 aromatic heterocycles. The van der Waals surface area contributed by atoms with Crippen LogP contribution in [0.15, 0.2) is 42.5 Å². The lowest BCUT2D eigenvalue weighted by molar-refractivity contribution is 0.0640. The third kappa shape index (κ3) is 7.97. The minimum absolute atomic E-state index is 0.0427. The fraction of sp³-hybridized carbons (Fsp3) is 0.481. The average Bonchev–Trinajstić information content (AvgIpc) is 2.78. The first kappa shape index (κ1) is 27.0. The second-order valence-electron chi connectivity index (χ2n) is 8.62. The maximum absolute atomic E-state index is 12.8. The number of nitrogens with one attached hydrogen (secondary N) is 1. The number of nitrogens with zero attached hydrogens (tertiary/aromatic N) is 1. The van der Waals surface area contributed by atoms with Crippen LogP contribution in [0.2, 0.25) is 0 Å². The lowest BCUT2D eigenvalue weighted by Gasteiger charge is -2.31. The van der Waals surface area contributed by atoms with Crippen LogP contribution in [0.4, 0.5) is 0 Å². The van der Waals surface area contributed by atoms with E-state index in [1.54, 1.807) is 17.0 Å². The number of hydrogen-bond donors (Lipinski definition) is 2. The number of benzene rings is 2. The number of phenolic OH excluding ortho intramolecular Hbond substituents is 1. The van der Waals surface area contributed by atoms with Gasteiger partial charge >= 0.3 is 0 Å². The van der Waals surface area contributed by atoms with E-state index in [1.807, 2.05) is 58.9 Å². The van der Waals surface area contributed by atoms with Crippen molar-refractivity contribution >= 4 is 11.8 Å². The Kier molecular flexibility index (Phi) is 10.7. The molecule has 1 amide bonds.